The van der Waals surface area contributed by atoms with Crippen molar-refractivity contribution >= 4 is 5.91 Å². The molecule has 3 nitrogen and oxygen atoms in total. The summed E-state index contributed by atoms with van der Waals surface area (Å²) in [5.41, 5.74) is 3.07. The van der Waals surface area contributed by atoms with Gasteiger partial charge in [0.15, 0.2) is 0 Å². The van der Waals surface area contributed by atoms with Gasteiger partial charge >= 0.3 is 0 Å². The van der Waals surface area contributed by atoms with Crippen LogP contribution in [0, 0.1) is 6.92 Å². The second-order valence-electron chi connectivity index (χ2n) is 6.06. The lowest BCUT2D eigenvalue weighted by atomic mass is 10.00. The Bertz CT molecular complexity index is 653. The van der Waals surface area contributed by atoms with Crippen LogP contribution in [-0.2, 0) is 0 Å². The van der Waals surface area contributed by atoms with E-state index in [0.29, 0.717) is 6.04 Å². The number of rotatable bonds is 2. The predicted octanol–water partition coefficient (Wildman–Crippen LogP) is 3.17. The van der Waals surface area contributed by atoms with Crippen molar-refractivity contribution in [3.63, 3.8) is 0 Å². The number of hydrogen-bond donors (Lipinski definition) is 1. The van der Waals surface area contributed by atoms with Crippen molar-refractivity contribution in [3.8, 4) is 0 Å². The van der Waals surface area contributed by atoms with Crippen LogP contribution in [0.25, 0.3) is 0 Å². The molecule has 1 saturated heterocycles. The third-order valence-corrected chi connectivity index (χ3v) is 4.22. The summed E-state index contributed by atoms with van der Waals surface area (Å²) in [5, 5.41) is 3.48. The van der Waals surface area contributed by atoms with Crippen LogP contribution in [-0.4, -0.2) is 29.9 Å². The van der Waals surface area contributed by atoms with Gasteiger partial charge in [0.25, 0.3) is 5.91 Å². The first-order chi connectivity index (χ1) is 10.6. The Kier molecular flexibility index (Phi) is 4.25. The van der Waals surface area contributed by atoms with E-state index < -0.39 is 0 Å². The van der Waals surface area contributed by atoms with Crippen molar-refractivity contribution in [2.45, 2.75) is 25.9 Å². The van der Waals surface area contributed by atoms with Crippen molar-refractivity contribution < 1.29 is 4.79 Å². The normalized spacial score (nSPS) is 21.6. The molecule has 2 aromatic carbocycles. The van der Waals surface area contributed by atoms with Gasteiger partial charge in [-0.3, -0.25) is 4.79 Å². The number of aryl methyl sites for hydroxylation is 1. The Hall–Kier alpha value is -2.13. The molecule has 2 aromatic rings. The number of amides is 1. The van der Waals surface area contributed by atoms with Crippen molar-refractivity contribution in [3.05, 3.63) is 71.3 Å². The molecule has 1 heterocycles. The molecule has 0 saturated carbocycles. The fourth-order valence-electron chi connectivity index (χ4n) is 3.05. The number of piperazine rings is 1. The minimum absolute atomic E-state index is 0.0883. The fourth-order valence-corrected chi connectivity index (χ4v) is 3.05. The third-order valence-electron chi connectivity index (χ3n) is 4.22. The minimum Gasteiger partial charge on any atom is -0.329 e. The molecule has 0 spiro atoms. The zero-order chi connectivity index (χ0) is 15.5. The van der Waals surface area contributed by atoms with Crippen LogP contribution in [0.3, 0.4) is 0 Å². The molecule has 22 heavy (non-hydrogen) atoms. The molecule has 3 rings (SSSR count). The number of benzene rings is 2. The van der Waals surface area contributed by atoms with E-state index in [1.807, 2.05) is 54.3 Å². The summed E-state index contributed by atoms with van der Waals surface area (Å²) in [7, 11) is 0. The van der Waals surface area contributed by atoms with Gasteiger partial charge < -0.3 is 10.2 Å². The molecule has 2 atom stereocenters. The summed E-state index contributed by atoms with van der Waals surface area (Å²) in [6, 6.07) is 18.5. The highest BCUT2D eigenvalue weighted by atomic mass is 16.2. The average Bonchev–Trinajstić information content (AvgIpc) is 2.55. The summed E-state index contributed by atoms with van der Waals surface area (Å²) in [5.74, 6) is 0.117. The van der Waals surface area contributed by atoms with Crippen LogP contribution >= 0.6 is 0 Å². The van der Waals surface area contributed by atoms with E-state index in [4.69, 9.17) is 0 Å². The van der Waals surface area contributed by atoms with Gasteiger partial charge in [0.1, 0.15) is 0 Å². The summed E-state index contributed by atoms with van der Waals surface area (Å²) < 4.78 is 0. The van der Waals surface area contributed by atoms with Crippen LogP contribution in [0.2, 0.25) is 0 Å². The third kappa shape index (κ3) is 3.04. The molecule has 1 amide bonds. The van der Waals surface area contributed by atoms with Crippen LogP contribution in [0.1, 0.15) is 34.5 Å². The first-order valence-corrected chi connectivity index (χ1v) is 7.81. The lowest BCUT2D eigenvalue weighted by Gasteiger charge is -2.39. The average molecular weight is 294 g/mol. The van der Waals surface area contributed by atoms with Crippen molar-refractivity contribution in [2.24, 2.45) is 0 Å². The largest absolute Gasteiger partial charge is 0.329 e. The number of nitrogens with one attached hydrogen (secondary N) is 1. The molecule has 1 aliphatic heterocycles. The van der Waals surface area contributed by atoms with E-state index in [2.05, 4.69) is 24.4 Å². The van der Waals surface area contributed by atoms with Crippen molar-refractivity contribution in [2.75, 3.05) is 13.1 Å². The molecule has 3 heteroatoms. The zero-order valence-corrected chi connectivity index (χ0v) is 13.1. The van der Waals surface area contributed by atoms with E-state index in [1.165, 1.54) is 5.56 Å². The van der Waals surface area contributed by atoms with Gasteiger partial charge in [-0.05, 0) is 31.5 Å². The Morgan fingerprint density at radius 3 is 2.64 bits per heavy atom. The van der Waals surface area contributed by atoms with Gasteiger partial charge in [0.2, 0.25) is 0 Å². The van der Waals surface area contributed by atoms with Crippen LogP contribution < -0.4 is 5.32 Å². The van der Waals surface area contributed by atoms with Gasteiger partial charge in [-0.2, -0.15) is 0 Å². The molecular formula is C19H22N2O. The molecule has 2 unspecified atom stereocenters. The van der Waals surface area contributed by atoms with Gasteiger partial charge in [-0.15, -0.1) is 0 Å². The smallest absolute Gasteiger partial charge is 0.254 e. The van der Waals surface area contributed by atoms with Gasteiger partial charge in [-0.1, -0.05) is 48.0 Å². The monoisotopic (exact) mass is 294 g/mol. The SMILES string of the molecule is Cc1cccc(C(=O)N2CC(C)NCC2c2ccccc2)c1. The zero-order valence-electron chi connectivity index (χ0n) is 13.1. The number of carbonyl (C=O) groups is 1. The summed E-state index contributed by atoms with van der Waals surface area (Å²) in [6.45, 7) is 5.67. The lowest BCUT2D eigenvalue weighted by Crippen LogP contribution is -2.53. The predicted molar refractivity (Wildman–Crippen MR) is 88.9 cm³/mol. The maximum Gasteiger partial charge on any atom is 0.254 e. The maximum atomic E-state index is 13.0. The summed E-state index contributed by atoms with van der Waals surface area (Å²) >= 11 is 0. The molecule has 114 valence electrons. The van der Waals surface area contributed by atoms with Gasteiger partial charge in [-0.25, -0.2) is 0 Å². The maximum absolute atomic E-state index is 13.0. The molecular weight excluding hydrogens is 272 g/mol. The first kappa shape index (κ1) is 14.8. The topological polar surface area (TPSA) is 32.3 Å². The fraction of sp³-hybridized carbons (Fsp3) is 0.316. The molecule has 1 aliphatic rings. The van der Waals surface area contributed by atoms with Crippen LogP contribution in [0.4, 0.5) is 0 Å². The highest BCUT2D eigenvalue weighted by molar-refractivity contribution is 5.94. The first-order valence-electron chi connectivity index (χ1n) is 7.81. The number of hydrogen-bond acceptors (Lipinski definition) is 2. The quantitative estimate of drug-likeness (QED) is 0.922. The number of nitrogens with zero attached hydrogens (tertiary/aromatic N) is 1. The molecule has 0 bridgehead atoms. The molecule has 0 aliphatic carbocycles. The highest BCUT2D eigenvalue weighted by Crippen LogP contribution is 2.25. The molecule has 1 N–H and O–H groups in total. The summed E-state index contributed by atoms with van der Waals surface area (Å²) in [6.07, 6.45) is 0. The van der Waals surface area contributed by atoms with E-state index in [-0.39, 0.29) is 11.9 Å². The van der Waals surface area contributed by atoms with Gasteiger partial charge in [0.05, 0.1) is 6.04 Å². The Morgan fingerprint density at radius 1 is 1.14 bits per heavy atom. The van der Waals surface area contributed by atoms with E-state index >= 15 is 0 Å². The Morgan fingerprint density at radius 2 is 1.91 bits per heavy atom. The molecule has 0 aromatic heterocycles. The Labute approximate surface area is 132 Å². The van der Waals surface area contributed by atoms with E-state index in [1.54, 1.807) is 0 Å². The van der Waals surface area contributed by atoms with Crippen molar-refractivity contribution in [1.29, 1.82) is 0 Å². The number of carbonyl (C=O) groups excluding carboxylic acids is 1. The Balaban J connectivity index is 1.92. The van der Waals surface area contributed by atoms with Crippen LogP contribution in [0.5, 0.6) is 0 Å². The van der Waals surface area contributed by atoms with E-state index in [0.717, 1.165) is 24.2 Å². The van der Waals surface area contributed by atoms with Gasteiger partial charge in [0, 0.05) is 24.7 Å². The highest BCUT2D eigenvalue weighted by Gasteiger charge is 2.31. The molecule has 0 radical (unpaired) electrons. The lowest BCUT2D eigenvalue weighted by molar-refractivity contribution is 0.0591. The second kappa shape index (κ2) is 6.32. The van der Waals surface area contributed by atoms with Crippen LogP contribution in [0.15, 0.2) is 54.6 Å². The van der Waals surface area contributed by atoms with E-state index in [9.17, 15) is 4.79 Å². The minimum atomic E-state index is 0.0883. The summed E-state index contributed by atoms with van der Waals surface area (Å²) in [4.78, 5) is 15.0. The molecule has 1 fully saturated rings. The van der Waals surface area contributed by atoms with Crippen molar-refractivity contribution in [1.82, 2.24) is 10.2 Å². The standard InChI is InChI=1S/C19H22N2O/c1-14-7-6-10-17(11-14)19(22)21-13-15(2)20-12-18(21)16-8-4-3-5-9-16/h3-11,15,18,20H,12-13H2,1-2H3. The second-order valence-corrected chi connectivity index (χ2v) is 6.06.